The second kappa shape index (κ2) is 7.51. The summed E-state index contributed by atoms with van der Waals surface area (Å²) >= 11 is 4.90. The molecule has 0 aliphatic rings. The molecule has 4 N–H and O–H groups in total. The fraction of sp³-hybridized carbons (Fsp3) is 0.364. The molecule has 6 nitrogen and oxygen atoms in total. The Balaban J connectivity index is 2.77. The lowest BCUT2D eigenvalue weighted by molar-refractivity contribution is 0.204. The van der Waals surface area contributed by atoms with Crippen molar-refractivity contribution in [2.45, 2.75) is 6.04 Å². The first-order chi connectivity index (χ1) is 8.96. The smallest absolute Gasteiger partial charge is 0.277 e. The van der Waals surface area contributed by atoms with Gasteiger partial charge in [0, 0.05) is 13.7 Å². The molecule has 0 fully saturated rings. The van der Waals surface area contributed by atoms with Gasteiger partial charge in [0.25, 0.3) is 10.2 Å². The van der Waals surface area contributed by atoms with Gasteiger partial charge >= 0.3 is 0 Å². The Labute approximate surface area is 118 Å². The third-order valence-electron chi connectivity index (χ3n) is 2.29. The van der Waals surface area contributed by atoms with E-state index in [2.05, 4.69) is 9.44 Å². The maximum atomic E-state index is 11.8. The molecule has 0 aliphatic heterocycles. The van der Waals surface area contributed by atoms with Gasteiger partial charge in [0.1, 0.15) is 0 Å². The summed E-state index contributed by atoms with van der Waals surface area (Å²) in [4.78, 5) is 0.0586. The lowest BCUT2D eigenvalue weighted by Crippen LogP contribution is -2.43. The predicted molar refractivity (Wildman–Crippen MR) is 77.9 cm³/mol. The molecule has 1 atom stereocenters. The fourth-order valence-electron chi connectivity index (χ4n) is 1.41. The van der Waals surface area contributed by atoms with E-state index in [1.54, 1.807) is 24.3 Å². The molecule has 1 aromatic carbocycles. The maximum Gasteiger partial charge on any atom is 0.277 e. The van der Waals surface area contributed by atoms with Crippen LogP contribution in [-0.4, -0.2) is 33.7 Å². The number of hydrogen-bond acceptors (Lipinski definition) is 4. The van der Waals surface area contributed by atoms with Crippen LogP contribution in [0.3, 0.4) is 0 Å². The van der Waals surface area contributed by atoms with E-state index in [1.807, 2.05) is 6.07 Å². The van der Waals surface area contributed by atoms with Crippen molar-refractivity contribution in [3.63, 3.8) is 0 Å². The molecule has 0 spiro atoms. The second-order valence-corrected chi connectivity index (χ2v) is 5.76. The molecule has 1 aromatic rings. The Morgan fingerprint density at radius 3 is 2.58 bits per heavy atom. The van der Waals surface area contributed by atoms with E-state index in [4.69, 9.17) is 22.7 Å². The van der Waals surface area contributed by atoms with Gasteiger partial charge in [-0.25, -0.2) is 0 Å². The Kier molecular flexibility index (Phi) is 6.32. The van der Waals surface area contributed by atoms with Crippen molar-refractivity contribution in [2.24, 2.45) is 5.73 Å². The van der Waals surface area contributed by atoms with Crippen LogP contribution in [0, 0.1) is 0 Å². The van der Waals surface area contributed by atoms with Gasteiger partial charge in [0.2, 0.25) is 0 Å². The van der Waals surface area contributed by atoms with Crippen LogP contribution >= 0.6 is 12.2 Å². The summed E-state index contributed by atoms with van der Waals surface area (Å²) in [6.45, 7) is 0.453. The van der Waals surface area contributed by atoms with E-state index in [9.17, 15) is 8.42 Å². The van der Waals surface area contributed by atoms with Crippen LogP contribution in [0.1, 0.15) is 11.6 Å². The summed E-state index contributed by atoms with van der Waals surface area (Å²) in [7, 11) is -2.20. The summed E-state index contributed by atoms with van der Waals surface area (Å²) in [6, 6.07) is 8.16. The second-order valence-electron chi connectivity index (χ2n) is 3.75. The van der Waals surface area contributed by atoms with Gasteiger partial charge in [0.15, 0.2) is 0 Å². The summed E-state index contributed by atoms with van der Waals surface area (Å²) in [5.41, 5.74) is 6.27. The van der Waals surface area contributed by atoms with Gasteiger partial charge in [-0.2, -0.15) is 17.9 Å². The standard InChI is InChI=1S/C11H17N3O3S2/c1-17-8-7-13-19(15,16)14-10(11(12)18)9-5-3-2-4-6-9/h2-6,10,13-14H,7-8H2,1H3,(H2,12,18). The fourth-order valence-corrected chi connectivity index (χ4v) is 2.69. The van der Waals surface area contributed by atoms with Crippen molar-refractivity contribution in [2.75, 3.05) is 20.3 Å². The normalized spacial score (nSPS) is 13.1. The van der Waals surface area contributed by atoms with E-state index >= 15 is 0 Å². The number of ether oxygens (including phenoxy) is 1. The molecule has 0 heterocycles. The first-order valence-electron chi connectivity index (χ1n) is 5.56. The Morgan fingerprint density at radius 2 is 2.05 bits per heavy atom. The lowest BCUT2D eigenvalue weighted by Gasteiger charge is -2.18. The Morgan fingerprint density at radius 1 is 1.42 bits per heavy atom. The molecule has 0 radical (unpaired) electrons. The van der Waals surface area contributed by atoms with Crippen LogP contribution in [0.4, 0.5) is 0 Å². The van der Waals surface area contributed by atoms with Crippen LogP contribution in [0.25, 0.3) is 0 Å². The molecule has 1 rings (SSSR count). The van der Waals surface area contributed by atoms with Crippen molar-refractivity contribution in [3.05, 3.63) is 35.9 Å². The van der Waals surface area contributed by atoms with Crippen LogP contribution in [-0.2, 0) is 14.9 Å². The minimum absolute atomic E-state index is 0.0586. The van der Waals surface area contributed by atoms with Gasteiger partial charge in [-0.05, 0) is 5.56 Å². The van der Waals surface area contributed by atoms with E-state index in [0.29, 0.717) is 5.56 Å². The number of nitrogens with one attached hydrogen (secondary N) is 2. The minimum atomic E-state index is -3.69. The first kappa shape index (κ1) is 16.0. The number of thiocarbonyl (C=S) groups is 1. The quantitative estimate of drug-likeness (QED) is 0.467. The first-order valence-corrected chi connectivity index (χ1v) is 7.45. The highest BCUT2D eigenvalue weighted by molar-refractivity contribution is 7.87. The predicted octanol–water partition coefficient (Wildman–Crippen LogP) is 0.0842. The number of hydrogen-bond donors (Lipinski definition) is 3. The minimum Gasteiger partial charge on any atom is -0.392 e. The lowest BCUT2D eigenvalue weighted by atomic mass is 10.1. The van der Waals surface area contributed by atoms with Gasteiger partial charge < -0.3 is 10.5 Å². The van der Waals surface area contributed by atoms with Crippen LogP contribution < -0.4 is 15.2 Å². The molecule has 0 aromatic heterocycles. The molecular formula is C11H17N3O3S2. The molecule has 106 valence electrons. The highest BCUT2D eigenvalue weighted by Gasteiger charge is 2.21. The van der Waals surface area contributed by atoms with Crippen LogP contribution in [0.5, 0.6) is 0 Å². The monoisotopic (exact) mass is 303 g/mol. The van der Waals surface area contributed by atoms with E-state index in [0.717, 1.165) is 0 Å². The SMILES string of the molecule is COCCNS(=O)(=O)NC(C(N)=S)c1ccccc1. The van der Waals surface area contributed by atoms with Gasteiger partial charge in [-0.1, -0.05) is 42.5 Å². The van der Waals surface area contributed by atoms with Gasteiger partial charge in [0.05, 0.1) is 17.6 Å². The van der Waals surface area contributed by atoms with Gasteiger partial charge in [-0.3, -0.25) is 0 Å². The highest BCUT2D eigenvalue weighted by Crippen LogP contribution is 2.13. The number of nitrogens with two attached hydrogens (primary N) is 1. The molecule has 0 saturated heterocycles. The molecule has 0 aliphatic carbocycles. The van der Waals surface area contributed by atoms with Crippen molar-refractivity contribution in [3.8, 4) is 0 Å². The largest absolute Gasteiger partial charge is 0.392 e. The molecule has 0 saturated carbocycles. The Bertz CT molecular complexity index is 505. The summed E-state index contributed by atoms with van der Waals surface area (Å²) < 4.78 is 33.1. The maximum absolute atomic E-state index is 11.8. The topological polar surface area (TPSA) is 93.4 Å². The average molecular weight is 303 g/mol. The molecule has 0 bridgehead atoms. The van der Waals surface area contributed by atoms with Crippen molar-refractivity contribution < 1.29 is 13.2 Å². The van der Waals surface area contributed by atoms with Crippen molar-refractivity contribution in [1.82, 2.24) is 9.44 Å². The van der Waals surface area contributed by atoms with E-state index in [1.165, 1.54) is 7.11 Å². The zero-order chi connectivity index (χ0) is 14.3. The van der Waals surface area contributed by atoms with Crippen molar-refractivity contribution in [1.29, 1.82) is 0 Å². The third kappa shape index (κ3) is 5.62. The molecule has 8 heteroatoms. The number of benzene rings is 1. The van der Waals surface area contributed by atoms with E-state index < -0.39 is 16.3 Å². The summed E-state index contributed by atoms with van der Waals surface area (Å²) in [6.07, 6.45) is 0. The molecular weight excluding hydrogens is 286 g/mol. The van der Waals surface area contributed by atoms with Crippen molar-refractivity contribution >= 4 is 27.4 Å². The molecule has 0 amide bonds. The average Bonchev–Trinajstić information content (AvgIpc) is 2.37. The molecule has 19 heavy (non-hydrogen) atoms. The molecule has 1 unspecified atom stereocenters. The third-order valence-corrected chi connectivity index (χ3v) is 3.65. The number of methoxy groups -OCH3 is 1. The number of rotatable bonds is 8. The van der Waals surface area contributed by atoms with E-state index in [-0.39, 0.29) is 18.1 Å². The zero-order valence-electron chi connectivity index (χ0n) is 10.5. The summed E-state index contributed by atoms with van der Waals surface area (Å²) in [5.74, 6) is 0. The summed E-state index contributed by atoms with van der Waals surface area (Å²) in [5, 5.41) is 0. The van der Waals surface area contributed by atoms with Crippen LogP contribution in [0.2, 0.25) is 0 Å². The van der Waals surface area contributed by atoms with Crippen LogP contribution in [0.15, 0.2) is 30.3 Å². The Hall–Kier alpha value is -1.06. The zero-order valence-corrected chi connectivity index (χ0v) is 12.1. The van der Waals surface area contributed by atoms with Gasteiger partial charge in [-0.15, -0.1) is 0 Å². The highest BCUT2D eigenvalue weighted by atomic mass is 32.2.